The summed E-state index contributed by atoms with van der Waals surface area (Å²) in [4.78, 5) is 0.388. The molecule has 0 spiro atoms. The van der Waals surface area contributed by atoms with Crippen LogP contribution in [-0.2, 0) is 6.42 Å². The van der Waals surface area contributed by atoms with E-state index in [4.69, 9.17) is 23.2 Å². The lowest BCUT2D eigenvalue weighted by atomic mass is 10.1. The molecule has 0 saturated carbocycles. The molecule has 0 radical (unpaired) electrons. The van der Waals surface area contributed by atoms with E-state index in [0.717, 1.165) is 22.9 Å². The van der Waals surface area contributed by atoms with E-state index in [-0.39, 0.29) is 0 Å². The first kappa shape index (κ1) is 8.86. The second-order valence-electron chi connectivity index (χ2n) is 2.93. The van der Waals surface area contributed by atoms with Gasteiger partial charge in [0, 0.05) is 14.9 Å². The van der Waals surface area contributed by atoms with E-state index in [1.54, 1.807) is 0 Å². The molecular weight excluding hydrogens is 259 g/mol. The Morgan fingerprint density at radius 1 is 1.25 bits per heavy atom. The maximum Gasteiger partial charge on any atom is 0.0453 e. The van der Waals surface area contributed by atoms with Crippen LogP contribution in [0.3, 0.4) is 0 Å². The molecule has 0 heterocycles. The molecule has 0 fully saturated rings. The van der Waals surface area contributed by atoms with Gasteiger partial charge in [0.2, 0.25) is 0 Å². The van der Waals surface area contributed by atoms with Crippen LogP contribution < -0.4 is 0 Å². The number of halogens is 3. The van der Waals surface area contributed by atoms with Crippen molar-refractivity contribution in [1.29, 1.82) is 0 Å². The fourth-order valence-electron chi connectivity index (χ4n) is 1.62. The first-order valence-electron chi connectivity index (χ1n) is 3.81. The van der Waals surface area contributed by atoms with E-state index >= 15 is 0 Å². The van der Waals surface area contributed by atoms with Crippen LogP contribution in [0, 0.1) is 0 Å². The standard InChI is InChI=1S/C9H7BrCl2/c10-6-2-1-5-7(11)3-4-8(12)9(5)6/h3-4,6H,1-2H2. The molecule has 1 aromatic rings. The fraction of sp³-hybridized carbons (Fsp3) is 0.333. The summed E-state index contributed by atoms with van der Waals surface area (Å²) < 4.78 is 0. The van der Waals surface area contributed by atoms with E-state index in [1.807, 2.05) is 12.1 Å². The Morgan fingerprint density at radius 3 is 2.58 bits per heavy atom. The molecule has 0 amide bonds. The highest BCUT2D eigenvalue weighted by Gasteiger charge is 2.24. The first-order chi connectivity index (χ1) is 5.70. The Labute approximate surface area is 90.0 Å². The van der Waals surface area contributed by atoms with Gasteiger partial charge in [0.1, 0.15) is 0 Å². The van der Waals surface area contributed by atoms with Gasteiger partial charge in [0.25, 0.3) is 0 Å². The van der Waals surface area contributed by atoms with Gasteiger partial charge in [-0.3, -0.25) is 0 Å². The van der Waals surface area contributed by atoms with Crippen LogP contribution in [0.1, 0.15) is 22.4 Å². The molecular formula is C9H7BrCl2. The van der Waals surface area contributed by atoms with Gasteiger partial charge in [-0.05, 0) is 36.1 Å². The molecule has 1 atom stereocenters. The van der Waals surface area contributed by atoms with Gasteiger partial charge < -0.3 is 0 Å². The third kappa shape index (κ3) is 1.28. The SMILES string of the molecule is Clc1ccc(Cl)c2c1CCC2Br. The zero-order valence-corrected chi connectivity index (χ0v) is 9.38. The summed E-state index contributed by atoms with van der Waals surface area (Å²) in [5, 5.41) is 1.67. The highest BCUT2D eigenvalue weighted by molar-refractivity contribution is 9.09. The average molecular weight is 266 g/mol. The molecule has 12 heavy (non-hydrogen) atoms. The van der Waals surface area contributed by atoms with E-state index in [1.165, 1.54) is 11.1 Å². The molecule has 1 unspecified atom stereocenters. The van der Waals surface area contributed by atoms with Crippen molar-refractivity contribution in [3.05, 3.63) is 33.3 Å². The van der Waals surface area contributed by atoms with Gasteiger partial charge >= 0.3 is 0 Å². The van der Waals surface area contributed by atoms with Gasteiger partial charge in [-0.2, -0.15) is 0 Å². The molecule has 2 rings (SSSR count). The predicted molar refractivity (Wildman–Crippen MR) is 56.5 cm³/mol. The molecule has 1 aromatic carbocycles. The van der Waals surface area contributed by atoms with Crippen molar-refractivity contribution in [2.45, 2.75) is 17.7 Å². The lowest BCUT2D eigenvalue weighted by Gasteiger charge is -2.06. The Hall–Kier alpha value is 0.280. The second-order valence-corrected chi connectivity index (χ2v) is 4.85. The Balaban J connectivity index is 2.64. The minimum Gasteiger partial charge on any atom is -0.0840 e. The average Bonchev–Trinajstić information content (AvgIpc) is 2.42. The molecule has 0 saturated heterocycles. The number of fused-ring (bicyclic) bond motifs is 1. The van der Waals surface area contributed by atoms with Gasteiger partial charge in [-0.15, -0.1) is 0 Å². The van der Waals surface area contributed by atoms with Crippen LogP contribution in [-0.4, -0.2) is 0 Å². The smallest absolute Gasteiger partial charge is 0.0453 e. The maximum absolute atomic E-state index is 6.05. The molecule has 64 valence electrons. The van der Waals surface area contributed by atoms with Gasteiger partial charge in [-0.1, -0.05) is 39.1 Å². The van der Waals surface area contributed by atoms with Crippen molar-refractivity contribution in [2.24, 2.45) is 0 Å². The molecule has 0 aliphatic heterocycles. The van der Waals surface area contributed by atoms with E-state index in [9.17, 15) is 0 Å². The largest absolute Gasteiger partial charge is 0.0840 e. The van der Waals surface area contributed by atoms with E-state index in [0.29, 0.717) is 4.83 Å². The lowest BCUT2D eigenvalue weighted by molar-refractivity contribution is 0.904. The highest BCUT2D eigenvalue weighted by atomic mass is 79.9. The zero-order chi connectivity index (χ0) is 8.72. The second kappa shape index (κ2) is 3.21. The van der Waals surface area contributed by atoms with Gasteiger partial charge in [0.05, 0.1) is 0 Å². The number of hydrogen-bond acceptors (Lipinski definition) is 0. The molecule has 1 aliphatic carbocycles. The Bertz CT molecular complexity index is 323. The summed E-state index contributed by atoms with van der Waals surface area (Å²) in [6.45, 7) is 0. The summed E-state index contributed by atoms with van der Waals surface area (Å²) in [6.07, 6.45) is 2.13. The zero-order valence-electron chi connectivity index (χ0n) is 6.28. The number of alkyl halides is 1. The number of rotatable bonds is 0. The quantitative estimate of drug-likeness (QED) is 0.611. The molecule has 0 aromatic heterocycles. The van der Waals surface area contributed by atoms with Crippen LogP contribution in [0.25, 0.3) is 0 Å². The van der Waals surface area contributed by atoms with Crippen LogP contribution in [0.4, 0.5) is 0 Å². The van der Waals surface area contributed by atoms with E-state index in [2.05, 4.69) is 15.9 Å². The molecule has 0 N–H and O–H groups in total. The maximum atomic E-state index is 6.05. The van der Waals surface area contributed by atoms with Crippen molar-refractivity contribution in [1.82, 2.24) is 0 Å². The van der Waals surface area contributed by atoms with Crippen molar-refractivity contribution >= 4 is 39.1 Å². The molecule has 0 bridgehead atoms. The summed E-state index contributed by atoms with van der Waals surface area (Å²) in [5.74, 6) is 0. The van der Waals surface area contributed by atoms with Crippen LogP contribution in [0.2, 0.25) is 10.0 Å². The molecule has 3 heteroatoms. The summed E-state index contributed by atoms with van der Waals surface area (Å²) in [7, 11) is 0. The van der Waals surface area contributed by atoms with E-state index < -0.39 is 0 Å². The van der Waals surface area contributed by atoms with Crippen molar-refractivity contribution in [2.75, 3.05) is 0 Å². The van der Waals surface area contributed by atoms with Gasteiger partial charge in [0.15, 0.2) is 0 Å². The monoisotopic (exact) mass is 264 g/mol. The fourth-order valence-corrected chi connectivity index (χ4v) is 3.07. The van der Waals surface area contributed by atoms with Crippen LogP contribution in [0.5, 0.6) is 0 Å². The van der Waals surface area contributed by atoms with Crippen LogP contribution >= 0.6 is 39.1 Å². The topological polar surface area (TPSA) is 0 Å². The number of benzene rings is 1. The number of hydrogen-bond donors (Lipinski definition) is 0. The van der Waals surface area contributed by atoms with Crippen molar-refractivity contribution < 1.29 is 0 Å². The highest BCUT2D eigenvalue weighted by Crippen LogP contribution is 2.44. The first-order valence-corrected chi connectivity index (χ1v) is 5.48. The molecule has 1 aliphatic rings. The van der Waals surface area contributed by atoms with Crippen molar-refractivity contribution in [3.63, 3.8) is 0 Å². The third-order valence-corrected chi connectivity index (χ3v) is 3.81. The Morgan fingerprint density at radius 2 is 1.92 bits per heavy atom. The minimum atomic E-state index is 0.388. The summed E-state index contributed by atoms with van der Waals surface area (Å²) in [6, 6.07) is 3.73. The molecule has 0 nitrogen and oxygen atoms in total. The normalized spacial score (nSPS) is 21.1. The third-order valence-electron chi connectivity index (χ3n) is 2.21. The minimum absolute atomic E-state index is 0.388. The lowest BCUT2D eigenvalue weighted by Crippen LogP contribution is -1.86. The van der Waals surface area contributed by atoms with Crippen LogP contribution in [0.15, 0.2) is 12.1 Å². The Kier molecular flexibility index (Phi) is 2.37. The summed E-state index contributed by atoms with van der Waals surface area (Å²) in [5.41, 5.74) is 2.40. The van der Waals surface area contributed by atoms with Crippen molar-refractivity contribution in [3.8, 4) is 0 Å². The summed E-state index contributed by atoms with van der Waals surface area (Å²) >= 11 is 15.7. The predicted octanol–water partition coefficient (Wildman–Crippen LogP) is 4.38. The van der Waals surface area contributed by atoms with Gasteiger partial charge in [-0.25, -0.2) is 0 Å².